The van der Waals surface area contributed by atoms with Crippen LogP contribution >= 0.6 is 11.8 Å². The van der Waals surface area contributed by atoms with Gasteiger partial charge in [0.05, 0.1) is 6.61 Å². The molecule has 4 heteroatoms. The molecule has 96 valence electrons. The lowest BCUT2D eigenvalue weighted by Crippen LogP contribution is -2.19. The third-order valence-electron chi connectivity index (χ3n) is 2.32. The molecule has 2 N–H and O–H groups in total. The monoisotopic (exact) mass is 255 g/mol. The Morgan fingerprint density at radius 3 is 2.76 bits per heavy atom. The Bertz CT molecular complexity index is 344. The summed E-state index contributed by atoms with van der Waals surface area (Å²) in [6.07, 6.45) is 0.0344. The van der Waals surface area contributed by atoms with Crippen LogP contribution in [0.3, 0.4) is 0 Å². The predicted molar refractivity (Wildman–Crippen MR) is 72.7 cm³/mol. The first-order valence-electron chi connectivity index (χ1n) is 5.83. The van der Waals surface area contributed by atoms with Gasteiger partial charge in [0.15, 0.2) is 0 Å². The third-order valence-corrected chi connectivity index (χ3v) is 3.31. The van der Waals surface area contributed by atoms with Crippen molar-refractivity contribution in [3.63, 3.8) is 0 Å². The Hall–Kier alpha value is -0.710. The quantitative estimate of drug-likeness (QED) is 0.761. The van der Waals surface area contributed by atoms with Gasteiger partial charge in [-0.3, -0.25) is 0 Å². The average Bonchev–Trinajstić information content (AvgIpc) is 2.30. The van der Waals surface area contributed by atoms with E-state index in [1.165, 1.54) is 4.90 Å². The van der Waals surface area contributed by atoms with Crippen LogP contribution in [0.25, 0.3) is 0 Å². The van der Waals surface area contributed by atoms with Crippen LogP contribution < -0.4 is 10.5 Å². The molecule has 3 nitrogen and oxygen atoms in total. The Labute approximate surface area is 108 Å². The van der Waals surface area contributed by atoms with Crippen LogP contribution in [0.2, 0.25) is 0 Å². The van der Waals surface area contributed by atoms with Crippen molar-refractivity contribution in [3.05, 3.63) is 23.8 Å². The maximum atomic E-state index is 5.85. The minimum atomic E-state index is 0.0344. The van der Waals surface area contributed by atoms with Crippen LogP contribution in [0, 0.1) is 0 Å². The Balaban J connectivity index is 2.86. The van der Waals surface area contributed by atoms with Crippen molar-refractivity contribution in [2.75, 3.05) is 19.5 Å². The molecular weight excluding hydrogens is 234 g/mol. The molecule has 0 bridgehead atoms. The number of ether oxygens (including phenoxy) is 2. The van der Waals surface area contributed by atoms with E-state index in [-0.39, 0.29) is 6.10 Å². The summed E-state index contributed by atoms with van der Waals surface area (Å²) < 4.78 is 10.9. The summed E-state index contributed by atoms with van der Waals surface area (Å²) in [5.74, 6) is 1.90. The molecular formula is C13H21NO2S. The van der Waals surface area contributed by atoms with Crippen molar-refractivity contribution in [2.45, 2.75) is 31.4 Å². The van der Waals surface area contributed by atoms with E-state index < -0.39 is 0 Å². The topological polar surface area (TPSA) is 44.5 Å². The molecule has 0 amide bonds. The van der Waals surface area contributed by atoms with Gasteiger partial charge in [-0.15, -0.1) is 11.8 Å². The van der Waals surface area contributed by atoms with E-state index in [0.29, 0.717) is 13.2 Å². The van der Waals surface area contributed by atoms with E-state index in [4.69, 9.17) is 15.2 Å². The predicted octanol–water partition coefficient (Wildman–Crippen LogP) is 2.67. The van der Waals surface area contributed by atoms with Crippen LogP contribution in [0.5, 0.6) is 5.75 Å². The zero-order chi connectivity index (χ0) is 12.7. The van der Waals surface area contributed by atoms with E-state index in [2.05, 4.69) is 13.0 Å². The molecule has 1 atom stereocenters. The van der Waals surface area contributed by atoms with Gasteiger partial charge in [0.25, 0.3) is 0 Å². The minimum absolute atomic E-state index is 0.0344. The van der Waals surface area contributed by atoms with Gasteiger partial charge in [0.1, 0.15) is 11.9 Å². The molecule has 0 aliphatic carbocycles. The molecule has 0 saturated carbocycles. The van der Waals surface area contributed by atoms with Crippen LogP contribution in [0.1, 0.15) is 19.4 Å². The maximum Gasteiger partial charge on any atom is 0.125 e. The van der Waals surface area contributed by atoms with Gasteiger partial charge in [-0.1, -0.05) is 13.0 Å². The summed E-state index contributed by atoms with van der Waals surface area (Å²) in [7, 11) is 1.67. The first-order chi connectivity index (χ1) is 8.22. The van der Waals surface area contributed by atoms with Crippen LogP contribution in [-0.2, 0) is 11.3 Å². The number of methoxy groups -OCH3 is 1. The van der Waals surface area contributed by atoms with Gasteiger partial charge >= 0.3 is 0 Å². The number of hydrogen-bond acceptors (Lipinski definition) is 4. The number of thioether (sulfide) groups is 1. The molecule has 1 rings (SSSR count). The van der Waals surface area contributed by atoms with E-state index in [1.54, 1.807) is 18.9 Å². The molecule has 0 heterocycles. The highest BCUT2D eigenvalue weighted by molar-refractivity contribution is 7.99. The average molecular weight is 255 g/mol. The van der Waals surface area contributed by atoms with Crippen LogP contribution in [0.15, 0.2) is 23.1 Å². The molecule has 0 radical (unpaired) electrons. The summed E-state index contributed by atoms with van der Waals surface area (Å²) >= 11 is 1.79. The fraction of sp³-hybridized carbons (Fsp3) is 0.538. The second-order valence-electron chi connectivity index (χ2n) is 3.75. The highest BCUT2D eigenvalue weighted by atomic mass is 32.2. The first-order valence-corrected chi connectivity index (χ1v) is 6.81. The highest BCUT2D eigenvalue weighted by Gasteiger charge is 2.11. The zero-order valence-electron chi connectivity index (χ0n) is 10.7. The fourth-order valence-electron chi connectivity index (χ4n) is 1.63. The summed E-state index contributed by atoms with van der Waals surface area (Å²) in [5, 5.41) is 0. The van der Waals surface area contributed by atoms with Crippen LogP contribution in [-0.4, -0.2) is 25.6 Å². The van der Waals surface area contributed by atoms with Crippen molar-refractivity contribution in [3.8, 4) is 5.75 Å². The second kappa shape index (κ2) is 7.58. The number of benzene rings is 1. The van der Waals surface area contributed by atoms with Gasteiger partial charge in [0.2, 0.25) is 0 Å². The zero-order valence-corrected chi connectivity index (χ0v) is 11.5. The minimum Gasteiger partial charge on any atom is -0.488 e. The fourth-order valence-corrected chi connectivity index (χ4v) is 2.48. The molecule has 0 aliphatic rings. The summed E-state index contributed by atoms with van der Waals surface area (Å²) in [6, 6.07) is 6.06. The van der Waals surface area contributed by atoms with E-state index in [0.717, 1.165) is 17.1 Å². The van der Waals surface area contributed by atoms with E-state index >= 15 is 0 Å². The lowest BCUT2D eigenvalue weighted by molar-refractivity contribution is 0.0912. The molecule has 0 aliphatic heterocycles. The van der Waals surface area contributed by atoms with Gasteiger partial charge in [0, 0.05) is 24.1 Å². The Kier molecular flexibility index (Phi) is 6.40. The van der Waals surface area contributed by atoms with Gasteiger partial charge in [-0.05, 0) is 24.8 Å². The molecule has 0 spiro atoms. The van der Waals surface area contributed by atoms with Crippen molar-refractivity contribution in [1.82, 2.24) is 0 Å². The molecule has 1 aromatic carbocycles. The Morgan fingerprint density at radius 1 is 1.41 bits per heavy atom. The number of nitrogens with two attached hydrogens (primary N) is 1. The number of rotatable bonds is 7. The molecule has 0 fully saturated rings. The van der Waals surface area contributed by atoms with E-state index in [1.807, 2.05) is 19.1 Å². The van der Waals surface area contributed by atoms with Gasteiger partial charge in [-0.2, -0.15) is 0 Å². The SMILES string of the molecule is CCSc1cccc(OC(C)COC)c1CN. The van der Waals surface area contributed by atoms with Crippen molar-refractivity contribution in [1.29, 1.82) is 0 Å². The number of hydrogen-bond donors (Lipinski definition) is 1. The molecule has 17 heavy (non-hydrogen) atoms. The Morgan fingerprint density at radius 2 is 2.18 bits per heavy atom. The molecule has 0 saturated heterocycles. The van der Waals surface area contributed by atoms with Crippen LogP contribution in [0.4, 0.5) is 0 Å². The van der Waals surface area contributed by atoms with Crippen molar-refractivity contribution >= 4 is 11.8 Å². The van der Waals surface area contributed by atoms with Gasteiger partial charge in [-0.25, -0.2) is 0 Å². The van der Waals surface area contributed by atoms with Gasteiger partial charge < -0.3 is 15.2 Å². The van der Waals surface area contributed by atoms with Crippen molar-refractivity contribution in [2.24, 2.45) is 5.73 Å². The van der Waals surface area contributed by atoms with Crippen molar-refractivity contribution < 1.29 is 9.47 Å². The standard InChI is InChI=1S/C13H21NO2S/c1-4-17-13-7-5-6-12(11(13)8-14)16-10(2)9-15-3/h5-7,10H,4,8-9,14H2,1-3H3. The third kappa shape index (κ3) is 4.22. The maximum absolute atomic E-state index is 5.85. The molecule has 0 aromatic heterocycles. The lowest BCUT2D eigenvalue weighted by atomic mass is 10.2. The molecule has 1 unspecified atom stereocenters. The summed E-state index contributed by atoms with van der Waals surface area (Å²) in [5.41, 5.74) is 6.89. The van der Waals surface area contributed by atoms with E-state index in [9.17, 15) is 0 Å². The normalized spacial score (nSPS) is 12.5. The smallest absolute Gasteiger partial charge is 0.125 e. The first kappa shape index (κ1) is 14.4. The summed E-state index contributed by atoms with van der Waals surface area (Å²) in [4.78, 5) is 1.21. The highest BCUT2D eigenvalue weighted by Crippen LogP contribution is 2.30. The largest absolute Gasteiger partial charge is 0.488 e. The summed E-state index contributed by atoms with van der Waals surface area (Å²) in [6.45, 7) is 5.20. The lowest BCUT2D eigenvalue weighted by Gasteiger charge is -2.18. The second-order valence-corrected chi connectivity index (χ2v) is 5.06. The molecule has 1 aromatic rings.